The van der Waals surface area contributed by atoms with Gasteiger partial charge in [0.15, 0.2) is 0 Å². The molecule has 2 atom stereocenters. The van der Waals surface area contributed by atoms with E-state index in [9.17, 15) is 5.11 Å². The highest BCUT2D eigenvalue weighted by atomic mass is 16.3. The Labute approximate surface area is 182 Å². The van der Waals surface area contributed by atoms with Crippen molar-refractivity contribution in [3.63, 3.8) is 0 Å². The van der Waals surface area contributed by atoms with E-state index in [-0.39, 0.29) is 6.61 Å². The van der Waals surface area contributed by atoms with E-state index in [0.29, 0.717) is 0 Å². The number of rotatable bonds is 23. The highest BCUT2D eigenvalue weighted by molar-refractivity contribution is 4.93. The number of allylic oxidation sites excluding steroid dienone is 1. The van der Waals surface area contributed by atoms with Gasteiger partial charge in [0.05, 0.1) is 18.8 Å². The predicted octanol–water partition coefficient (Wildman–Crippen LogP) is 7.05. The molecule has 0 aliphatic heterocycles. The van der Waals surface area contributed by atoms with Gasteiger partial charge in [0.2, 0.25) is 0 Å². The zero-order valence-corrected chi connectivity index (χ0v) is 19.6. The Kier molecular flexibility index (Phi) is 23.6. The van der Waals surface area contributed by atoms with Gasteiger partial charge in [-0.1, -0.05) is 135 Å². The van der Waals surface area contributed by atoms with E-state index in [1.807, 2.05) is 6.08 Å². The normalized spacial score (nSPS) is 13.9. The van der Waals surface area contributed by atoms with Crippen molar-refractivity contribution in [1.82, 2.24) is 0 Å². The highest BCUT2D eigenvalue weighted by Gasteiger charge is 2.08. The number of aliphatic hydroxyl groups is 2. The maximum absolute atomic E-state index is 9.60. The molecule has 0 aliphatic rings. The molecule has 0 saturated heterocycles. The molecule has 0 radical (unpaired) electrons. The largest absolute Gasteiger partial charge is 0.395 e. The first kappa shape index (κ1) is 28.6. The summed E-state index contributed by atoms with van der Waals surface area (Å²) in [7, 11) is 0. The van der Waals surface area contributed by atoms with Crippen molar-refractivity contribution < 1.29 is 10.2 Å². The Morgan fingerprint density at radius 3 is 1.31 bits per heavy atom. The van der Waals surface area contributed by atoms with Crippen molar-refractivity contribution in [2.75, 3.05) is 6.61 Å². The minimum atomic E-state index is -0.722. The van der Waals surface area contributed by atoms with Gasteiger partial charge in [-0.25, -0.2) is 0 Å². The lowest BCUT2D eigenvalue weighted by Crippen LogP contribution is -2.36. The molecular weight excluding hydrogens is 358 g/mol. The summed E-state index contributed by atoms with van der Waals surface area (Å²) in [6.45, 7) is 2.11. The zero-order valence-electron chi connectivity index (χ0n) is 19.6. The smallest absolute Gasteiger partial charge is 0.0894 e. The van der Waals surface area contributed by atoms with Crippen LogP contribution in [0.2, 0.25) is 0 Å². The SMILES string of the molecule is CCCCCCCCCCCCCCCCCCCCC/C=C/C(O)C(N)CO. The summed E-state index contributed by atoms with van der Waals surface area (Å²) in [4.78, 5) is 0. The summed E-state index contributed by atoms with van der Waals surface area (Å²) >= 11 is 0. The summed E-state index contributed by atoms with van der Waals surface area (Å²) in [5, 5.41) is 18.5. The molecule has 0 aromatic heterocycles. The lowest BCUT2D eigenvalue weighted by Gasteiger charge is -2.11. The molecule has 3 heteroatoms. The van der Waals surface area contributed by atoms with Crippen LogP contribution in [0.3, 0.4) is 0 Å². The van der Waals surface area contributed by atoms with E-state index in [1.165, 1.54) is 122 Å². The van der Waals surface area contributed by atoms with Crippen LogP contribution >= 0.6 is 0 Å². The van der Waals surface area contributed by atoms with Crippen LogP contribution in [-0.2, 0) is 0 Å². The van der Waals surface area contributed by atoms with Gasteiger partial charge in [0, 0.05) is 0 Å². The average molecular weight is 412 g/mol. The molecule has 29 heavy (non-hydrogen) atoms. The van der Waals surface area contributed by atoms with Crippen molar-refractivity contribution in [1.29, 1.82) is 0 Å². The second-order valence-corrected chi connectivity index (χ2v) is 8.92. The summed E-state index contributed by atoms with van der Waals surface area (Å²) < 4.78 is 0. The maximum atomic E-state index is 9.60. The number of aliphatic hydroxyl groups excluding tert-OH is 2. The first-order valence-electron chi connectivity index (χ1n) is 12.9. The number of hydrogen-bond acceptors (Lipinski definition) is 3. The van der Waals surface area contributed by atoms with Crippen LogP contribution in [0.15, 0.2) is 12.2 Å². The fourth-order valence-corrected chi connectivity index (χ4v) is 3.83. The summed E-state index contributed by atoms with van der Waals surface area (Å²) in [5.41, 5.74) is 5.55. The van der Waals surface area contributed by atoms with Gasteiger partial charge in [0.25, 0.3) is 0 Å². The summed E-state index contributed by atoms with van der Waals surface area (Å²) in [5.74, 6) is 0. The quantitative estimate of drug-likeness (QED) is 0.125. The third kappa shape index (κ3) is 22.1. The Morgan fingerprint density at radius 2 is 0.966 bits per heavy atom. The molecule has 0 aromatic rings. The number of nitrogens with two attached hydrogens (primary N) is 1. The minimum Gasteiger partial charge on any atom is -0.395 e. The molecule has 0 amide bonds. The van der Waals surface area contributed by atoms with E-state index in [1.54, 1.807) is 6.08 Å². The van der Waals surface area contributed by atoms with Crippen LogP contribution in [-0.4, -0.2) is 29.0 Å². The van der Waals surface area contributed by atoms with Crippen molar-refractivity contribution in [2.45, 2.75) is 147 Å². The lowest BCUT2D eigenvalue weighted by atomic mass is 10.0. The lowest BCUT2D eigenvalue weighted by molar-refractivity contribution is 0.144. The highest BCUT2D eigenvalue weighted by Crippen LogP contribution is 2.14. The average Bonchev–Trinajstić information content (AvgIpc) is 2.74. The first-order chi connectivity index (χ1) is 14.2. The third-order valence-electron chi connectivity index (χ3n) is 5.96. The van der Waals surface area contributed by atoms with E-state index in [0.717, 1.165) is 6.42 Å². The summed E-state index contributed by atoms with van der Waals surface area (Å²) in [6.07, 6.45) is 30.6. The molecule has 0 rings (SSSR count). The van der Waals surface area contributed by atoms with E-state index in [4.69, 9.17) is 10.8 Å². The Morgan fingerprint density at radius 1 is 0.621 bits per heavy atom. The topological polar surface area (TPSA) is 66.5 Å². The van der Waals surface area contributed by atoms with Gasteiger partial charge in [0.1, 0.15) is 0 Å². The van der Waals surface area contributed by atoms with Crippen LogP contribution in [0.1, 0.15) is 135 Å². The third-order valence-corrected chi connectivity index (χ3v) is 5.96. The molecule has 0 aliphatic carbocycles. The van der Waals surface area contributed by atoms with Gasteiger partial charge < -0.3 is 15.9 Å². The van der Waals surface area contributed by atoms with Crippen molar-refractivity contribution in [3.05, 3.63) is 12.2 Å². The molecule has 3 nitrogen and oxygen atoms in total. The number of hydrogen-bond donors (Lipinski definition) is 3. The van der Waals surface area contributed by atoms with Crippen molar-refractivity contribution in [2.24, 2.45) is 5.73 Å². The molecule has 0 spiro atoms. The molecule has 4 N–H and O–H groups in total. The van der Waals surface area contributed by atoms with Gasteiger partial charge in [-0.05, 0) is 12.8 Å². The minimum absolute atomic E-state index is 0.176. The molecule has 0 fully saturated rings. The van der Waals surface area contributed by atoms with E-state index in [2.05, 4.69) is 6.92 Å². The van der Waals surface area contributed by atoms with Crippen LogP contribution in [0.4, 0.5) is 0 Å². The Hall–Kier alpha value is -0.380. The second-order valence-electron chi connectivity index (χ2n) is 8.92. The van der Waals surface area contributed by atoms with Crippen LogP contribution in [0.5, 0.6) is 0 Å². The molecule has 0 heterocycles. The van der Waals surface area contributed by atoms with Gasteiger partial charge in [-0.2, -0.15) is 0 Å². The van der Waals surface area contributed by atoms with Gasteiger partial charge >= 0.3 is 0 Å². The molecule has 0 bridgehead atoms. The standard InChI is InChI=1S/C26H53NO2/c1-2-3-4-5-6-7-8-9-10-11-12-13-14-15-16-17-18-19-20-21-22-23-26(29)25(27)24-28/h22-23,25-26,28-29H,2-21,24,27H2,1H3/b23-22+. The maximum Gasteiger partial charge on any atom is 0.0894 e. The van der Waals surface area contributed by atoms with Crippen molar-refractivity contribution in [3.8, 4) is 0 Å². The predicted molar refractivity (Wildman–Crippen MR) is 128 cm³/mol. The molecule has 174 valence electrons. The Balaban J connectivity index is 3.13. The van der Waals surface area contributed by atoms with Crippen LogP contribution in [0, 0.1) is 0 Å². The van der Waals surface area contributed by atoms with Gasteiger partial charge in [-0.15, -0.1) is 0 Å². The molecule has 2 unspecified atom stereocenters. The zero-order chi connectivity index (χ0) is 21.4. The first-order valence-corrected chi connectivity index (χ1v) is 12.9. The molecular formula is C26H53NO2. The van der Waals surface area contributed by atoms with E-state index < -0.39 is 12.1 Å². The van der Waals surface area contributed by atoms with Crippen LogP contribution < -0.4 is 5.73 Å². The molecule has 0 aromatic carbocycles. The van der Waals surface area contributed by atoms with Crippen molar-refractivity contribution >= 4 is 0 Å². The monoisotopic (exact) mass is 411 g/mol. The number of unbranched alkanes of at least 4 members (excludes halogenated alkanes) is 19. The van der Waals surface area contributed by atoms with Crippen LogP contribution in [0.25, 0.3) is 0 Å². The second kappa shape index (κ2) is 23.9. The Bertz CT molecular complexity index is 333. The van der Waals surface area contributed by atoms with Gasteiger partial charge in [-0.3, -0.25) is 0 Å². The fraction of sp³-hybridized carbons (Fsp3) is 0.923. The fourth-order valence-electron chi connectivity index (χ4n) is 3.83. The summed E-state index contributed by atoms with van der Waals surface area (Å²) in [6, 6.07) is -0.559. The molecule has 0 saturated carbocycles. The van der Waals surface area contributed by atoms with E-state index >= 15 is 0 Å².